The standard InChI is InChI=1S/C17H16ClF2NO3/c1-2-3-8-24-13-9-10(17(22)23)16(15(20)14(13)19)21-12-7-5-4-6-11(12)18/h4-7,9,21H,2-3,8H2,1H3,(H,22,23). The van der Waals surface area contributed by atoms with Gasteiger partial charge >= 0.3 is 5.97 Å². The quantitative estimate of drug-likeness (QED) is 0.667. The van der Waals surface area contributed by atoms with Crippen LogP contribution < -0.4 is 10.1 Å². The first-order chi connectivity index (χ1) is 11.5. The van der Waals surface area contributed by atoms with Crippen molar-refractivity contribution in [3.63, 3.8) is 0 Å². The van der Waals surface area contributed by atoms with E-state index in [2.05, 4.69) is 5.32 Å². The fourth-order valence-electron chi connectivity index (χ4n) is 2.02. The minimum atomic E-state index is -1.41. The summed E-state index contributed by atoms with van der Waals surface area (Å²) in [6.07, 6.45) is 1.45. The number of unbranched alkanes of at least 4 members (excludes halogenated alkanes) is 1. The molecule has 2 aromatic carbocycles. The lowest BCUT2D eigenvalue weighted by molar-refractivity contribution is 0.0696. The minimum Gasteiger partial charge on any atom is -0.490 e. The Bertz CT molecular complexity index is 753. The number of anilines is 2. The van der Waals surface area contributed by atoms with Crippen LogP contribution in [0.1, 0.15) is 30.1 Å². The van der Waals surface area contributed by atoms with Crippen LogP contribution >= 0.6 is 11.6 Å². The third kappa shape index (κ3) is 3.94. The first-order valence-electron chi connectivity index (χ1n) is 7.35. The van der Waals surface area contributed by atoms with Crippen LogP contribution in [-0.2, 0) is 0 Å². The predicted octanol–water partition coefficient (Wildman–Crippen LogP) is 5.24. The van der Waals surface area contributed by atoms with Crippen molar-refractivity contribution in [3.05, 3.63) is 52.6 Å². The molecule has 0 aliphatic carbocycles. The molecule has 0 aliphatic heterocycles. The van der Waals surface area contributed by atoms with Gasteiger partial charge < -0.3 is 15.2 Å². The zero-order valence-corrected chi connectivity index (χ0v) is 13.7. The van der Waals surface area contributed by atoms with Crippen LogP contribution in [0.3, 0.4) is 0 Å². The van der Waals surface area contributed by atoms with E-state index in [0.29, 0.717) is 6.42 Å². The normalized spacial score (nSPS) is 10.5. The van der Waals surface area contributed by atoms with Gasteiger partial charge in [0.05, 0.1) is 28.6 Å². The van der Waals surface area contributed by atoms with E-state index in [-0.39, 0.29) is 17.3 Å². The lowest BCUT2D eigenvalue weighted by Crippen LogP contribution is -2.10. The first-order valence-corrected chi connectivity index (χ1v) is 7.73. The molecule has 0 spiro atoms. The molecule has 0 saturated heterocycles. The SMILES string of the molecule is CCCCOc1cc(C(=O)O)c(Nc2ccccc2Cl)c(F)c1F. The van der Waals surface area contributed by atoms with Gasteiger partial charge in [0.2, 0.25) is 5.82 Å². The predicted molar refractivity (Wildman–Crippen MR) is 88.5 cm³/mol. The highest BCUT2D eigenvalue weighted by Crippen LogP contribution is 2.34. The zero-order chi connectivity index (χ0) is 17.7. The second kappa shape index (κ2) is 7.97. The summed E-state index contributed by atoms with van der Waals surface area (Å²) < 4.78 is 33.7. The van der Waals surface area contributed by atoms with E-state index in [4.69, 9.17) is 16.3 Å². The van der Waals surface area contributed by atoms with Crippen LogP contribution in [0.15, 0.2) is 30.3 Å². The van der Waals surface area contributed by atoms with Gasteiger partial charge in [-0.2, -0.15) is 4.39 Å². The van der Waals surface area contributed by atoms with Crippen molar-refractivity contribution in [1.82, 2.24) is 0 Å². The number of carboxylic acid groups (broad SMARTS) is 1. The van der Waals surface area contributed by atoms with Crippen molar-refractivity contribution in [3.8, 4) is 5.75 Å². The van der Waals surface area contributed by atoms with Gasteiger partial charge in [-0.05, 0) is 18.6 Å². The number of hydrogen-bond donors (Lipinski definition) is 2. The Kier molecular flexibility index (Phi) is 5.98. The summed E-state index contributed by atoms with van der Waals surface area (Å²) in [6, 6.07) is 7.33. The average molecular weight is 356 g/mol. The molecule has 0 aromatic heterocycles. The maximum absolute atomic E-state index is 14.4. The number of aromatic carboxylic acids is 1. The Morgan fingerprint density at radius 1 is 1.29 bits per heavy atom. The molecule has 0 bridgehead atoms. The first kappa shape index (κ1) is 18.0. The third-order valence-corrected chi connectivity index (χ3v) is 3.62. The Hall–Kier alpha value is -2.34. The maximum atomic E-state index is 14.4. The summed E-state index contributed by atoms with van der Waals surface area (Å²) in [5.41, 5.74) is -0.684. The molecule has 7 heteroatoms. The minimum absolute atomic E-state index is 0.170. The van der Waals surface area contributed by atoms with Crippen LogP contribution in [0.25, 0.3) is 0 Å². The highest BCUT2D eigenvalue weighted by Gasteiger charge is 2.23. The van der Waals surface area contributed by atoms with E-state index in [1.165, 1.54) is 6.07 Å². The molecular weight excluding hydrogens is 340 g/mol. The van der Waals surface area contributed by atoms with E-state index in [9.17, 15) is 18.7 Å². The number of nitrogens with one attached hydrogen (secondary N) is 1. The highest BCUT2D eigenvalue weighted by molar-refractivity contribution is 6.33. The number of ether oxygens (including phenoxy) is 1. The van der Waals surface area contributed by atoms with Gasteiger partial charge in [-0.25, -0.2) is 9.18 Å². The van der Waals surface area contributed by atoms with Crippen molar-refractivity contribution < 1.29 is 23.4 Å². The van der Waals surface area contributed by atoms with Crippen LogP contribution in [-0.4, -0.2) is 17.7 Å². The number of hydrogen-bond acceptors (Lipinski definition) is 3. The summed E-state index contributed by atoms with van der Waals surface area (Å²) in [7, 11) is 0. The largest absolute Gasteiger partial charge is 0.490 e. The number of para-hydroxylation sites is 1. The summed E-state index contributed by atoms with van der Waals surface area (Å²) in [6.45, 7) is 2.09. The van der Waals surface area contributed by atoms with E-state index < -0.39 is 34.6 Å². The second-order valence-electron chi connectivity index (χ2n) is 5.04. The molecule has 128 valence electrons. The van der Waals surface area contributed by atoms with Crippen LogP contribution in [0, 0.1) is 11.6 Å². The van der Waals surface area contributed by atoms with E-state index >= 15 is 0 Å². The fraction of sp³-hybridized carbons (Fsp3) is 0.235. The second-order valence-corrected chi connectivity index (χ2v) is 5.44. The van der Waals surface area contributed by atoms with Gasteiger partial charge in [0.25, 0.3) is 0 Å². The van der Waals surface area contributed by atoms with Crippen molar-refractivity contribution in [2.24, 2.45) is 0 Å². The zero-order valence-electron chi connectivity index (χ0n) is 12.9. The Labute approximate surface area is 143 Å². The highest BCUT2D eigenvalue weighted by atomic mass is 35.5. The monoisotopic (exact) mass is 355 g/mol. The Morgan fingerprint density at radius 3 is 2.62 bits per heavy atom. The molecule has 0 fully saturated rings. The number of carbonyl (C=O) groups is 1. The van der Waals surface area contributed by atoms with E-state index in [1.807, 2.05) is 6.92 Å². The number of benzene rings is 2. The van der Waals surface area contributed by atoms with Crippen molar-refractivity contribution in [2.45, 2.75) is 19.8 Å². The molecule has 0 heterocycles. The lowest BCUT2D eigenvalue weighted by atomic mass is 10.1. The lowest BCUT2D eigenvalue weighted by Gasteiger charge is -2.15. The smallest absolute Gasteiger partial charge is 0.338 e. The van der Waals surface area contributed by atoms with Crippen LogP contribution in [0.4, 0.5) is 20.2 Å². The van der Waals surface area contributed by atoms with Gasteiger partial charge in [-0.15, -0.1) is 0 Å². The molecule has 0 unspecified atom stereocenters. The summed E-state index contributed by atoms with van der Waals surface area (Å²) in [4.78, 5) is 11.4. The molecule has 2 aromatic rings. The van der Waals surface area contributed by atoms with Crippen molar-refractivity contribution in [2.75, 3.05) is 11.9 Å². The summed E-state index contributed by atoms with van der Waals surface area (Å²) in [5, 5.41) is 12.1. The van der Waals surface area contributed by atoms with Gasteiger partial charge in [-0.1, -0.05) is 37.1 Å². The van der Waals surface area contributed by atoms with Gasteiger partial charge in [0.15, 0.2) is 11.6 Å². The molecule has 0 radical (unpaired) electrons. The molecule has 2 N–H and O–H groups in total. The van der Waals surface area contributed by atoms with Crippen LogP contribution in [0.2, 0.25) is 5.02 Å². The summed E-state index contributed by atoms with van der Waals surface area (Å²) in [5.74, 6) is -4.42. The molecule has 0 amide bonds. The topological polar surface area (TPSA) is 58.6 Å². The molecule has 4 nitrogen and oxygen atoms in total. The van der Waals surface area contributed by atoms with Crippen molar-refractivity contribution >= 4 is 28.9 Å². The third-order valence-electron chi connectivity index (χ3n) is 3.29. The number of halogens is 3. The average Bonchev–Trinajstić information content (AvgIpc) is 2.55. The molecule has 0 atom stereocenters. The van der Waals surface area contributed by atoms with Crippen molar-refractivity contribution in [1.29, 1.82) is 0 Å². The number of carboxylic acids is 1. The van der Waals surface area contributed by atoms with Gasteiger partial charge in [0, 0.05) is 6.07 Å². The molecule has 2 rings (SSSR count). The van der Waals surface area contributed by atoms with E-state index in [0.717, 1.165) is 12.5 Å². The maximum Gasteiger partial charge on any atom is 0.338 e. The fourth-order valence-corrected chi connectivity index (χ4v) is 2.21. The Morgan fingerprint density at radius 2 is 2.00 bits per heavy atom. The molecule has 24 heavy (non-hydrogen) atoms. The van der Waals surface area contributed by atoms with Crippen LogP contribution in [0.5, 0.6) is 5.75 Å². The number of rotatable bonds is 7. The van der Waals surface area contributed by atoms with E-state index in [1.54, 1.807) is 18.2 Å². The molecule has 0 aliphatic rings. The molecular formula is C17H16ClF2NO3. The summed E-state index contributed by atoms with van der Waals surface area (Å²) >= 11 is 5.96. The van der Waals surface area contributed by atoms with Gasteiger partial charge in [-0.3, -0.25) is 0 Å². The van der Waals surface area contributed by atoms with Gasteiger partial charge in [0.1, 0.15) is 0 Å². The Balaban J connectivity index is 2.45. The molecule has 0 saturated carbocycles.